The van der Waals surface area contributed by atoms with E-state index in [2.05, 4.69) is 20.8 Å². The minimum absolute atomic E-state index is 0.0375. The maximum atomic E-state index is 12.9. The fourth-order valence-electron chi connectivity index (χ4n) is 2.25. The minimum atomic E-state index is -0.519. The topological polar surface area (TPSA) is 93.2 Å². The third-order valence-corrected chi connectivity index (χ3v) is 4.52. The predicted octanol–water partition coefficient (Wildman–Crippen LogP) is 3.26. The van der Waals surface area contributed by atoms with Crippen LogP contribution in [0.25, 0.3) is 0 Å². The molecule has 0 atom stereocenters. The molecule has 28 heavy (non-hydrogen) atoms. The fraction of sp³-hybridized carbons (Fsp3) is 0.158. The van der Waals surface area contributed by atoms with Crippen molar-refractivity contribution in [2.45, 2.75) is 13.5 Å². The number of carbonyl (C=O) groups excluding carboxylic acids is 2. The molecule has 0 unspecified atom stereocenters. The molecular weight excluding hydrogens is 383 g/mol. The lowest BCUT2D eigenvalue weighted by Gasteiger charge is -2.05. The van der Waals surface area contributed by atoms with E-state index in [4.69, 9.17) is 4.74 Å². The molecule has 0 radical (unpaired) electrons. The predicted molar refractivity (Wildman–Crippen MR) is 103 cm³/mol. The molecule has 2 aromatic carbocycles. The highest BCUT2D eigenvalue weighted by atomic mass is 32.1. The standard InChI is InChI=1S/C19H17FN4O3S/c1-2-27-15-9-3-12(4-10-15)11-21-16(25)18-23-24-19(28-18)17(26)22-14-7-5-13(20)6-8-14/h3-10H,2,11H2,1H3,(H,21,25)(H,22,26). The van der Waals surface area contributed by atoms with Crippen molar-refractivity contribution in [1.29, 1.82) is 0 Å². The summed E-state index contributed by atoms with van der Waals surface area (Å²) in [4.78, 5) is 24.4. The van der Waals surface area contributed by atoms with Crippen LogP contribution in [0.4, 0.5) is 10.1 Å². The van der Waals surface area contributed by atoms with Crippen molar-refractivity contribution in [2.24, 2.45) is 0 Å². The van der Waals surface area contributed by atoms with Gasteiger partial charge >= 0.3 is 0 Å². The lowest BCUT2D eigenvalue weighted by atomic mass is 10.2. The number of nitrogens with zero attached hydrogens (tertiary/aromatic N) is 2. The van der Waals surface area contributed by atoms with Crippen LogP contribution >= 0.6 is 11.3 Å². The Kier molecular flexibility index (Phi) is 6.28. The Bertz CT molecular complexity index is 958. The molecule has 0 aliphatic heterocycles. The maximum Gasteiger partial charge on any atom is 0.286 e. The molecule has 1 aromatic heterocycles. The van der Waals surface area contributed by atoms with Crippen LogP contribution in [-0.4, -0.2) is 28.6 Å². The van der Waals surface area contributed by atoms with Gasteiger partial charge in [0, 0.05) is 12.2 Å². The summed E-state index contributed by atoms with van der Waals surface area (Å²) in [5, 5.41) is 12.9. The van der Waals surface area contributed by atoms with Crippen LogP contribution in [0.3, 0.4) is 0 Å². The summed E-state index contributed by atoms with van der Waals surface area (Å²) < 4.78 is 18.3. The molecule has 0 fully saturated rings. The van der Waals surface area contributed by atoms with E-state index >= 15 is 0 Å². The second kappa shape index (κ2) is 9.05. The van der Waals surface area contributed by atoms with Crippen LogP contribution in [-0.2, 0) is 6.54 Å². The van der Waals surface area contributed by atoms with Gasteiger partial charge in [0.1, 0.15) is 11.6 Å². The van der Waals surface area contributed by atoms with Gasteiger partial charge in [-0.2, -0.15) is 0 Å². The molecule has 1 heterocycles. The summed E-state index contributed by atoms with van der Waals surface area (Å²) >= 11 is 0.875. The van der Waals surface area contributed by atoms with Gasteiger partial charge < -0.3 is 15.4 Å². The van der Waals surface area contributed by atoms with E-state index in [1.54, 1.807) is 0 Å². The average Bonchev–Trinajstić information content (AvgIpc) is 3.20. The van der Waals surface area contributed by atoms with Crippen LogP contribution in [0.2, 0.25) is 0 Å². The van der Waals surface area contributed by atoms with Crippen molar-refractivity contribution in [2.75, 3.05) is 11.9 Å². The van der Waals surface area contributed by atoms with Crippen molar-refractivity contribution >= 4 is 28.8 Å². The Morgan fingerprint density at radius 2 is 1.64 bits per heavy atom. The van der Waals surface area contributed by atoms with Gasteiger partial charge in [-0.25, -0.2) is 4.39 Å². The van der Waals surface area contributed by atoms with Gasteiger partial charge in [0.15, 0.2) is 0 Å². The van der Waals surface area contributed by atoms with Gasteiger partial charge in [0.25, 0.3) is 11.8 Å². The highest BCUT2D eigenvalue weighted by molar-refractivity contribution is 7.15. The van der Waals surface area contributed by atoms with Crippen LogP contribution in [0, 0.1) is 5.82 Å². The summed E-state index contributed by atoms with van der Waals surface area (Å²) in [6.07, 6.45) is 0. The molecule has 0 saturated carbocycles. The van der Waals surface area contributed by atoms with E-state index in [0.29, 0.717) is 18.8 Å². The van der Waals surface area contributed by atoms with Crippen molar-refractivity contribution in [3.63, 3.8) is 0 Å². The first-order valence-electron chi connectivity index (χ1n) is 8.45. The molecule has 2 amide bonds. The van der Waals surface area contributed by atoms with E-state index in [1.165, 1.54) is 24.3 Å². The van der Waals surface area contributed by atoms with Gasteiger partial charge in [0.2, 0.25) is 10.0 Å². The zero-order valence-electron chi connectivity index (χ0n) is 14.9. The molecule has 7 nitrogen and oxygen atoms in total. The van der Waals surface area contributed by atoms with Gasteiger partial charge in [-0.05, 0) is 48.9 Å². The zero-order valence-corrected chi connectivity index (χ0v) is 15.8. The normalized spacial score (nSPS) is 10.4. The van der Waals surface area contributed by atoms with E-state index in [-0.39, 0.29) is 10.0 Å². The maximum absolute atomic E-state index is 12.9. The molecule has 0 spiro atoms. The number of ether oxygens (including phenoxy) is 1. The van der Waals surface area contributed by atoms with Gasteiger partial charge in [-0.3, -0.25) is 9.59 Å². The molecule has 2 N–H and O–H groups in total. The lowest BCUT2D eigenvalue weighted by Crippen LogP contribution is -2.22. The number of aromatic nitrogens is 2. The smallest absolute Gasteiger partial charge is 0.286 e. The number of carbonyl (C=O) groups is 2. The zero-order chi connectivity index (χ0) is 19.9. The second-order valence-electron chi connectivity index (χ2n) is 5.63. The van der Waals surface area contributed by atoms with Crippen molar-refractivity contribution in [3.8, 4) is 5.75 Å². The molecule has 3 aromatic rings. The number of halogens is 1. The first-order valence-corrected chi connectivity index (χ1v) is 9.27. The second-order valence-corrected chi connectivity index (χ2v) is 6.61. The third-order valence-electron chi connectivity index (χ3n) is 3.60. The number of amides is 2. The quantitative estimate of drug-likeness (QED) is 0.635. The van der Waals surface area contributed by atoms with E-state index < -0.39 is 17.6 Å². The van der Waals surface area contributed by atoms with Crippen LogP contribution < -0.4 is 15.4 Å². The van der Waals surface area contributed by atoms with Crippen LogP contribution in [0.15, 0.2) is 48.5 Å². The molecule has 0 bridgehead atoms. The Morgan fingerprint density at radius 1 is 1.00 bits per heavy atom. The minimum Gasteiger partial charge on any atom is -0.494 e. The largest absolute Gasteiger partial charge is 0.494 e. The van der Waals surface area contributed by atoms with Crippen molar-refractivity contribution in [3.05, 3.63) is 69.9 Å². The summed E-state index contributed by atoms with van der Waals surface area (Å²) in [6.45, 7) is 2.80. The summed E-state index contributed by atoms with van der Waals surface area (Å²) in [5.41, 5.74) is 1.32. The first kappa shape index (κ1) is 19.4. The van der Waals surface area contributed by atoms with E-state index in [1.807, 2.05) is 31.2 Å². The Morgan fingerprint density at radius 3 is 2.29 bits per heavy atom. The monoisotopic (exact) mass is 400 g/mol. The van der Waals surface area contributed by atoms with E-state index in [0.717, 1.165) is 22.6 Å². The fourth-order valence-corrected chi connectivity index (χ4v) is 2.91. The number of hydrogen-bond acceptors (Lipinski definition) is 6. The summed E-state index contributed by atoms with van der Waals surface area (Å²) in [6, 6.07) is 12.7. The van der Waals surface area contributed by atoms with E-state index in [9.17, 15) is 14.0 Å². The summed E-state index contributed by atoms with van der Waals surface area (Å²) in [7, 11) is 0. The highest BCUT2D eigenvalue weighted by Gasteiger charge is 2.17. The molecule has 9 heteroatoms. The number of rotatable bonds is 7. The Balaban J connectivity index is 1.55. The molecule has 0 aliphatic rings. The average molecular weight is 400 g/mol. The number of hydrogen-bond donors (Lipinski definition) is 2. The molecule has 0 saturated heterocycles. The lowest BCUT2D eigenvalue weighted by molar-refractivity contribution is 0.0948. The number of benzene rings is 2. The van der Waals surface area contributed by atoms with Gasteiger partial charge in [0.05, 0.1) is 6.61 Å². The SMILES string of the molecule is CCOc1ccc(CNC(=O)c2nnc(C(=O)Nc3ccc(F)cc3)s2)cc1. The van der Waals surface area contributed by atoms with Gasteiger partial charge in [-0.15, -0.1) is 10.2 Å². The number of anilines is 1. The molecule has 0 aliphatic carbocycles. The Hall–Kier alpha value is -3.33. The van der Waals surface area contributed by atoms with Crippen molar-refractivity contribution < 1.29 is 18.7 Å². The number of nitrogens with one attached hydrogen (secondary N) is 2. The third kappa shape index (κ3) is 5.10. The molecular formula is C19H17FN4O3S. The Labute approximate surface area is 164 Å². The molecule has 144 valence electrons. The summed E-state index contributed by atoms with van der Waals surface area (Å²) in [5.74, 6) is -0.583. The first-order chi connectivity index (χ1) is 13.5. The van der Waals surface area contributed by atoms with Crippen LogP contribution in [0.5, 0.6) is 5.75 Å². The molecule has 3 rings (SSSR count). The van der Waals surface area contributed by atoms with Gasteiger partial charge in [-0.1, -0.05) is 23.5 Å². The van der Waals surface area contributed by atoms with Crippen LogP contribution in [0.1, 0.15) is 32.1 Å². The highest BCUT2D eigenvalue weighted by Crippen LogP contribution is 2.15. The van der Waals surface area contributed by atoms with Crippen molar-refractivity contribution in [1.82, 2.24) is 15.5 Å².